The zero-order valence-corrected chi connectivity index (χ0v) is 13.0. The van der Waals surface area contributed by atoms with E-state index in [9.17, 15) is 4.79 Å². The molecule has 0 bridgehead atoms. The van der Waals surface area contributed by atoms with Gasteiger partial charge in [-0.05, 0) is 31.9 Å². The van der Waals surface area contributed by atoms with Gasteiger partial charge in [0.05, 0.1) is 5.69 Å². The van der Waals surface area contributed by atoms with Gasteiger partial charge in [-0.15, -0.1) is 0 Å². The first-order valence-electron chi connectivity index (χ1n) is 8.03. The van der Waals surface area contributed by atoms with Gasteiger partial charge in [0.25, 0.3) is 0 Å². The monoisotopic (exact) mass is 298 g/mol. The molecule has 1 aromatic heterocycles. The topological polar surface area (TPSA) is 55.1 Å². The number of oxazole rings is 1. The predicted octanol–water partition coefficient (Wildman–Crippen LogP) is 3.64. The fraction of sp³-hybridized carbons (Fsp3) is 0.444. The first kappa shape index (κ1) is 14.8. The summed E-state index contributed by atoms with van der Waals surface area (Å²) >= 11 is 0. The molecule has 0 spiro atoms. The van der Waals surface area contributed by atoms with Crippen molar-refractivity contribution in [1.29, 1.82) is 0 Å². The summed E-state index contributed by atoms with van der Waals surface area (Å²) in [6.45, 7) is 1.91. The maximum Gasteiger partial charge on any atom is 0.226 e. The minimum Gasteiger partial charge on any atom is -0.441 e. The van der Waals surface area contributed by atoms with E-state index in [2.05, 4.69) is 10.3 Å². The zero-order valence-electron chi connectivity index (χ0n) is 13.0. The molecule has 1 heterocycles. The molecule has 1 amide bonds. The maximum absolute atomic E-state index is 12.0. The van der Waals surface area contributed by atoms with Crippen LogP contribution < -0.4 is 5.32 Å². The third-order valence-electron chi connectivity index (χ3n) is 4.22. The van der Waals surface area contributed by atoms with Crippen molar-refractivity contribution in [2.75, 3.05) is 0 Å². The van der Waals surface area contributed by atoms with Crippen molar-refractivity contribution in [3.63, 3.8) is 0 Å². The predicted molar refractivity (Wildman–Crippen MR) is 85.4 cm³/mol. The fourth-order valence-corrected chi connectivity index (χ4v) is 2.97. The van der Waals surface area contributed by atoms with Crippen LogP contribution >= 0.6 is 0 Å². The zero-order chi connectivity index (χ0) is 15.4. The molecular formula is C18H22N2O2. The molecule has 1 aliphatic carbocycles. The number of hydrogen-bond donors (Lipinski definition) is 1. The van der Waals surface area contributed by atoms with Crippen LogP contribution in [0.5, 0.6) is 0 Å². The number of rotatable bonds is 5. The Morgan fingerprint density at radius 2 is 2.00 bits per heavy atom. The summed E-state index contributed by atoms with van der Waals surface area (Å²) in [6, 6.07) is 10.2. The van der Waals surface area contributed by atoms with Crippen LogP contribution in [-0.4, -0.2) is 16.9 Å². The molecule has 1 fully saturated rings. The molecule has 2 aromatic rings. The molecule has 4 nitrogen and oxygen atoms in total. The average molecular weight is 298 g/mol. The fourth-order valence-electron chi connectivity index (χ4n) is 2.97. The van der Waals surface area contributed by atoms with Crippen molar-refractivity contribution < 1.29 is 9.21 Å². The molecule has 116 valence electrons. The summed E-state index contributed by atoms with van der Waals surface area (Å²) in [5.74, 6) is 1.55. The standard InChI is InChI=1S/C18H22N2O2/c1-13-16(11-12-17(21)19-15-9-5-6-10-15)20-18(22-13)14-7-3-2-4-8-14/h2-4,7-8,15H,5-6,9-12H2,1H3,(H,19,21). The normalized spacial score (nSPS) is 15.1. The molecule has 1 N–H and O–H groups in total. The highest BCUT2D eigenvalue weighted by Gasteiger charge is 2.18. The smallest absolute Gasteiger partial charge is 0.226 e. The summed E-state index contributed by atoms with van der Waals surface area (Å²) in [4.78, 5) is 16.5. The molecule has 0 radical (unpaired) electrons. The van der Waals surface area contributed by atoms with Crippen LogP contribution in [0.1, 0.15) is 43.6 Å². The van der Waals surface area contributed by atoms with Crippen molar-refractivity contribution >= 4 is 5.91 Å². The van der Waals surface area contributed by atoms with Crippen LogP contribution in [0.2, 0.25) is 0 Å². The maximum atomic E-state index is 12.0. The van der Waals surface area contributed by atoms with Crippen molar-refractivity contribution in [2.24, 2.45) is 0 Å². The van der Waals surface area contributed by atoms with Crippen molar-refractivity contribution in [2.45, 2.75) is 51.5 Å². The Hall–Kier alpha value is -2.10. The number of benzene rings is 1. The first-order chi connectivity index (χ1) is 10.7. The Morgan fingerprint density at radius 3 is 2.73 bits per heavy atom. The SMILES string of the molecule is Cc1oc(-c2ccccc2)nc1CCC(=O)NC1CCCC1. The molecule has 1 aliphatic rings. The molecule has 0 unspecified atom stereocenters. The molecule has 3 rings (SSSR count). The third kappa shape index (κ3) is 3.56. The lowest BCUT2D eigenvalue weighted by molar-refractivity contribution is -0.121. The number of nitrogens with zero attached hydrogens (tertiary/aromatic N) is 1. The number of carbonyl (C=O) groups is 1. The van der Waals surface area contributed by atoms with E-state index < -0.39 is 0 Å². The summed E-state index contributed by atoms with van der Waals surface area (Å²) in [5.41, 5.74) is 1.84. The van der Waals surface area contributed by atoms with E-state index in [1.54, 1.807) is 0 Å². The van der Waals surface area contributed by atoms with Crippen molar-refractivity contribution in [3.8, 4) is 11.5 Å². The molecule has 22 heavy (non-hydrogen) atoms. The number of amides is 1. The number of nitrogens with one attached hydrogen (secondary N) is 1. The Labute approximate surface area is 130 Å². The van der Waals surface area contributed by atoms with E-state index in [1.165, 1.54) is 12.8 Å². The minimum atomic E-state index is 0.121. The molecule has 0 atom stereocenters. The van der Waals surface area contributed by atoms with Crippen LogP contribution in [0.25, 0.3) is 11.5 Å². The van der Waals surface area contributed by atoms with Gasteiger partial charge in [0.15, 0.2) is 0 Å². The number of aryl methyl sites for hydroxylation is 2. The van der Waals surface area contributed by atoms with Crippen LogP contribution in [-0.2, 0) is 11.2 Å². The van der Waals surface area contributed by atoms with E-state index in [0.717, 1.165) is 29.9 Å². The molecule has 0 aliphatic heterocycles. The lowest BCUT2D eigenvalue weighted by atomic mass is 10.2. The Bertz CT molecular complexity index is 628. The van der Waals surface area contributed by atoms with E-state index >= 15 is 0 Å². The first-order valence-corrected chi connectivity index (χ1v) is 8.03. The largest absolute Gasteiger partial charge is 0.441 e. The molecule has 4 heteroatoms. The van der Waals surface area contributed by atoms with Crippen LogP contribution in [0.3, 0.4) is 0 Å². The summed E-state index contributed by atoms with van der Waals surface area (Å²) in [6.07, 6.45) is 5.79. The minimum absolute atomic E-state index is 0.121. The quantitative estimate of drug-likeness (QED) is 0.917. The third-order valence-corrected chi connectivity index (χ3v) is 4.22. The highest BCUT2D eigenvalue weighted by Crippen LogP contribution is 2.22. The van der Waals surface area contributed by atoms with Gasteiger partial charge in [-0.3, -0.25) is 4.79 Å². The van der Waals surface area contributed by atoms with Gasteiger partial charge in [-0.2, -0.15) is 0 Å². The lowest BCUT2D eigenvalue weighted by Gasteiger charge is -2.11. The lowest BCUT2D eigenvalue weighted by Crippen LogP contribution is -2.32. The van der Waals surface area contributed by atoms with Crippen LogP contribution in [0.15, 0.2) is 34.7 Å². The van der Waals surface area contributed by atoms with Gasteiger partial charge in [0.1, 0.15) is 5.76 Å². The van der Waals surface area contributed by atoms with Crippen LogP contribution in [0, 0.1) is 6.92 Å². The van der Waals surface area contributed by atoms with Gasteiger partial charge in [0, 0.05) is 24.4 Å². The summed E-state index contributed by atoms with van der Waals surface area (Å²) < 4.78 is 5.72. The molecule has 1 aromatic carbocycles. The Balaban J connectivity index is 1.58. The summed E-state index contributed by atoms with van der Waals surface area (Å²) in [5, 5.41) is 3.11. The Morgan fingerprint density at radius 1 is 1.27 bits per heavy atom. The Kier molecular flexibility index (Phi) is 4.56. The average Bonchev–Trinajstić information content (AvgIpc) is 3.16. The van der Waals surface area contributed by atoms with Crippen molar-refractivity contribution in [1.82, 2.24) is 10.3 Å². The second kappa shape index (κ2) is 6.77. The van der Waals surface area contributed by atoms with E-state index in [-0.39, 0.29) is 5.91 Å². The van der Waals surface area contributed by atoms with Crippen LogP contribution in [0.4, 0.5) is 0 Å². The second-order valence-corrected chi connectivity index (χ2v) is 5.94. The molecular weight excluding hydrogens is 276 g/mol. The van der Waals surface area contributed by atoms with Gasteiger partial charge in [0.2, 0.25) is 11.8 Å². The number of aromatic nitrogens is 1. The van der Waals surface area contributed by atoms with E-state index in [0.29, 0.717) is 24.8 Å². The highest BCUT2D eigenvalue weighted by atomic mass is 16.4. The van der Waals surface area contributed by atoms with E-state index in [4.69, 9.17) is 4.42 Å². The highest BCUT2D eigenvalue weighted by molar-refractivity contribution is 5.76. The van der Waals surface area contributed by atoms with Gasteiger partial charge >= 0.3 is 0 Å². The second-order valence-electron chi connectivity index (χ2n) is 5.94. The van der Waals surface area contributed by atoms with Gasteiger partial charge in [-0.25, -0.2) is 4.98 Å². The molecule has 0 saturated heterocycles. The van der Waals surface area contributed by atoms with Crippen molar-refractivity contribution in [3.05, 3.63) is 41.8 Å². The van der Waals surface area contributed by atoms with Gasteiger partial charge in [-0.1, -0.05) is 31.0 Å². The molecule has 1 saturated carbocycles. The number of hydrogen-bond acceptors (Lipinski definition) is 3. The van der Waals surface area contributed by atoms with E-state index in [1.807, 2.05) is 37.3 Å². The van der Waals surface area contributed by atoms with Gasteiger partial charge < -0.3 is 9.73 Å². The summed E-state index contributed by atoms with van der Waals surface area (Å²) in [7, 11) is 0. The number of carbonyl (C=O) groups excluding carboxylic acids is 1.